The highest BCUT2D eigenvalue weighted by atomic mass is 16.3. The number of hydrogen-bond acceptors (Lipinski definition) is 3. The highest BCUT2D eigenvalue weighted by Gasteiger charge is 2.11. The molecule has 0 aromatic carbocycles. The first-order valence-electron chi connectivity index (χ1n) is 5.55. The van der Waals surface area contributed by atoms with Crippen molar-refractivity contribution < 1.29 is 4.42 Å². The van der Waals surface area contributed by atoms with E-state index in [9.17, 15) is 0 Å². The smallest absolute Gasteiger partial charge is 0.120 e. The largest absolute Gasteiger partial charge is 0.468 e. The van der Waals surface area contributed by atoms with Gasteiger partial charge in [-0.2, -0.15) is 5.10 Å². The van der Waals surface area contributed by atoms with Crippen LogP contribution in [0.2, 0.25) is 0 Å². The van der Waals surface area contributed by atoms with Crippen LogP contribution in [0.5, 0.6) is 0 Å². The molecule has 0 bridgehead atoms. The van der Waals surface area contributed by atoms with Crippen molar-refractivity contribution in [1.29, 1.82) is 0 Å². The van der Waals surface area contributed by atoms with E-state index < -0.39 is 0 Å². The van der Waals surface area contributed by atoms with Crippen LogP contribution in [0.4, 0.5) is 0 Å². The van der Waals surface area contributed by atoms with Crippen molar-refractivity contribution in [1.82, 2.24) is 15.1 Å². The average molecular weight is 219 g/mol. The first-order chi connectivity index (χ1) is 7.81. The standard InChI is InChI=1S/C12H17N3O/c1-3-11(12-5-4-8-16-12)13-9-10-6-7-14-15(10)2/h4-8,11,13H,3,9H2,1-2H3. The first-order valence-corrected chi connectivity index (χ1v) is 5.55. The Bertz CT molecular complexity index is 419. The summed E-state index contributed by atoms with van der Waals surface area (Å²) in [5, 5.41) is 7.60. The zero-order valence-electron chi connectivity index (χ0n) is 9.68. The molecule has 0 radical (unpaired) electrons. The molecule has 1 unspecified atom stereocenters. The van der Waals surface area contributed by atoms with Crippen LogP contribution in [0.15, 0.2) is 35.1 Å². The first kappa shape index (κ1) is 11.0. The molecule has 0 aliphatic heterocycles. The fourth-order valence-corrected chi connectivity index (χ4v) is 1.74. The Morgan fingerprint density at radius 3 is 2.94 bits per heavy atom. The monoisotopic (exact) mass is 219 g/mol. The molecular formula is C12H17N3O. The molecule has 86 valence electrons. The summed E-state index contributed by atoms with van der Waals surface area (Å²) in [4.78, 5) is 0. The molecule has 0 aliphatic carbocycles. The van der Waals surface area contributed by atoms with Crippen molar-refractivity contribution in [2.45, 2.75) is 25.9 Å². The summed E-state index contributed by atoms with van der Waals surface area (Å²) in [5.41, 5.74) is 1.17. The number of nitrogens with one attached hydrogen (secondary N) is 1. The molecule has 2 rings (SSSR count). The second-order valence-electron chi connectivity index (χ2n) is 3.80. The SMILES string of the molecule is CCC(NCc1ccnn1C)c1ccco1. The van der Waals surface area contributed by atoms with E-state index in [1.165, 1.54) is 5.69 Å². The van der Waals surface area contributed by atoms with Gasteiger partial charge in [-0.15, -0.1) is 0 Å². The Kier molecular flexibility index (Phi) is 3.41. The van der Waals surface area contributed by atoms with Gasteiger partial charge < -0.3 is 9.73 Å². The lowest BCUT2D eigenvalue weighted by Gasteiger charge is -2.14. The van der Waals surface area contributed by atoms with E-state index in [2.05, 4.69) is 17.3 Å². The fraction of sp³-hybridized carbons (Fsp3) is 0.417. The normalized spacial score (nSPS) is 12.9. The number of aryl methyl sites for hydroxylation is 1. The van der Waals surface area contributed by atoms with E-state index in [4.69, 9.17) is 4.42 Å². The minimum atomic E-state index is 0.268. The molecule has 0 aliphatic rings. The lowest BCUT2D eigenvalue weighted by atomic mass is 10.1. The molecule has 0 fully saturated rings. The second-order valence-corrected chi connectivity index (χ2v) is 3.80. The fourth-order valence-electron chi connectivity index (χ4n) is 1.74. The van der Waals surface area contributed by atoms with Gasteiger partial charge >= 0.3 is 0 Å². The van der Waals surface area contributed by atoms with Crippen LogP contribution >= 0.6 is 0 Å². The van der Waals surface area contributed by atoms with Crippen molar-refractivity contribution in [3.63, 3.8) is 0 Å². The van der Waals surface area contributed by atoms with Gasteiger partial charge in [0.1, 0.15) is 5.76 Å². The summed E-state index contributed by atoms with van der Waals surface area (Å²) in [6.07, 6.45) is 4.53. The molecular weight excluding hydrogens is 202 g/mol. The molecule has 2 aromatic rings. The third-order valence-corrected chi connectivity index (χ3v) is 2.75. The van der Waals surface area contributed by atoms with E-state index >= 15 is 0 Å². The van der Waals surface area contributed by atoms with Crippen molar-refractivity contribution >= 4 is 0 Å². The van der Waals surface area contributed by atoms with Crippen LogP contribution in [0.25, 0.3) is 0 Å². The Balaban J connectivity index is 1.96. The number of nitrogens with zero attached hydrogens (tertiary/aromatic N) is 2. The maximum atomic E-state index is 5.40. The molecule has 2 heterocycles. The number of furan rings is 1. The van der Waals surface area contributed by atoms with Crippen molar-refractivity contribution in [2.24, 2.45) is 7.05 Å². The molecule has 2 aromatic heterocycles. The van der Waals surface area contributed by atoms with E-state index in [1.54, 1.807) is 6.26 Å². The Morgan fingerprint density at radius 1 is 1.50 bits per heavy atom. The Hall–Kier alpha value is -1.55. The van der Waals surface area contributed by atoms with Crippen LogP contribution in [-0.2, 0) is 13.6 Å². The summed E-state index contributed by atoms with van der Waals surface area (Å²) in [5.74, 6) is 0.990. The lowest BCUT2D eigenvalue weighted by Crippen LogP contribution is -2.21. The molecule has 1 N–H and O–H groups in total. The molecule has 1 atom stereocenters. The predicted octanol–water partition coefficient (Wildman–Crippen LogP) is 2.25. The third-order valence-electron chi connectivity index (χ3n) is 2.75. The van der Waals surface area contributed by atoms with E-state index in [0.717, 1.165) is 18.7 Å². The summed E-state index contributed by atoms with van der Waals surface area (Å²) in [6, 6.07) is 6.21. The number of hydrogen-bond donors (Lipinski definition) is 1. The van der Waals surface area contributed by atoms with Crippen LogP contribution in [0.1, 0.15) is 30.8 Å². The number of aromatic nitrogens is 2. The minimum Gasteiger partial charge on any atom is -0.468 e. The highest BCUT2D eigenvalue weighted by molar-refractivity contribution is 5.06. The van der Waals surface area contributed by atoms with E-state index in [-0.39, 0.29) is 6.04 Å². The van der Waals surface area contributed by atoms with Gasteiger partial charge in [0.25, 0.3) is 0 Å². The van der Waals surface area contributed by atoms with Gasteiger partial charge in [0.15, 0.2) is 0 Å². The molecule has 0 spiro atoms. The number of rotatable bonds is 5. The summed E-state index contributed by atoms with van der Waals surface area (Å²) in [6.45, 7) is 2.94. The van der Waals surface area contributed by atoms with Crippen molar-refractivity contribution in [2.75, 3.05) is 0 Å². The topological polar surface area (TPSA) is 43.0 Å². The van der Waals surface area contributed by atoms with Gasteiger partial charge in [0.05, 0.1) is 18.0 Å². The molecule has 16 heavy (non-hydrogen) atoms. The quantitative estimate of drug-likeness (QED) is 0.838. The third kappa shape index (κ3) is 2.33. The van der Waals surface area contributed by atoms with Gasteiger partial charge in [-0.25, -0.2) is 0 Å². The van der Waals surface area contributed by atoms with Gasteiger partial charge in [-0.05, 0) is 24.6 Å². The Morgan fingerprint density at radius 2 is 2.38 bits per heavy atom. The van der Waals surface area contributed by atoms with E-state index in [0.29, 0.717) is 0 Å². The molecule has 4 heteroatoms. The van der Waals surface area contributed by atoms with Crippen molar-refractivity contribution in [3.05, 3.63) is 42.1 Å². The molecule has 0 saturated heterocycles. The lowest BCUT2D eigenvalue weighted by molar-refractivity contribution is 0.399. The van der Waals surface area contributed by atoms with Gasteiger partial charge in [0, 0.05) is 19.8 Å². The van der Waals surface area contributed by atoms with Crippen LogP contribution in [0, 0.1) is 0 Å². The predicted molar refractivity (Wildman–Crippen MR) is 61.8 cm³/mol. The van der Waals surface area contributed by atoms with Crippen LogP contribution in [-0.4, -0.2) is 9.78 Å². The molecule has 0 saturated carbocycles. The minimum absolute atomic E-state index is 0.268. The van der Waals surface area contributed by atoms with Gasteiger partial charge in [-0.1, -0.05) is 6.92 Å². The summed E-state index contributed by atoms with van der Waals surface area (Å²) in [7, 11) is 1.95. The second kappa shape index (κ2) is 4.99. The van der Waals surface area contributed by atoms with Gasteiger partial charge in [-0.3, -0.25) is 4.68 Å². The maximum absolute atomic E-state index is 5.40. The van der Waals surface area contributed by atoms with Crippen LogP contribution in [0.3, 0.4) is 0 Å². The van der Waals surface area contributed by atoms with E-state index in [1.807, 2.05) is 36.1 Å². The average Bonchev–Trinajstić information content (AvgIpc) is 2.92. The zero-order valence-corrected chi connectivity index (χ0v) is 9.68. The Labute approximate surface area is 95.3 Å². The van der Waals surface area contributed by atoms with Crippen LogP contribution < -0.4 is 5.32 Å². The summed E-state index contributed by atoms with van der Waals surface area (Å²) < 4.78 is 7.28. The summed E-state index contributed by atoms with van der Waals surface area (Å²) >= 11 is 0. The van der Waals surface area contributed by atoms with Crippen molar-refractivity contribution in [3.8, 4) is 0 Å². The zero-order chi connectivity index (χ0) is 11.4. The highest BCUT2D eigenvalue weighted by Crippen LogP contribution is 2.17. The maximum Gasteiger partial charge on any atom is 0.120 e. The molecule has 0 amide bonds. The molecule has 4 nitrogen and oxygen atoms in total. The van der Waals surface area contributed by atoms with Gasteiger partial charge in [0.2, 0.25) is 0 Å².